The van der Waals surface area contributed by atoms with E-state index in [1.165, 1.54) is 16.8 Å². The van der Waals surface area contributed by atoms with E-state index in [1.54, 1.807) is 17.6 Å². The van der Waals surface area contributed by atoms with Crippen LogP contribution in [0, 0.1) is 13.8 Å². The summed E-state index contributed by atoms with van der Waals surface area (Å²) < 4.78 is 5.43. The Morgan fingerprint density at radius 3 is 2.68 bits per heavy atom. The molecule has 0 bridgehead atoms. The second kappa shape index (κ2) is 7.02. The smallest absolute Gasteiger partial charge is 0.162 e. The molecule has 1 aliphatic heterocycles. The summed E-state index contributed by atoms with van der Waals surface area (Å²) in [7, 11) is 0. The van der Waals surface area contributed by atoms with Crippen LogP contribution in [0.15, 0.2) is 46.4 Å². The summed E-state index contributed by atoms with van der Waals surface area (Å²) in [4.78, 5) is 9.72. The lowest BCUT2D eigenvalue weighted by Crippen LogP contribution is -2.46. The van der Waals surface area contributed by atoms with E-state index >= 15 is 0 Å². The number of hydrogen-bond acceptors (Lipinski definition) is 5. The molecule has 1 aromatic carbocycles. The van der Waals surface area contributed by atoms with Gasteiger partial charge in [-0.2, -0.15) is 0 Å². The molecule has 0 atom stereocenters. The molecule has 0 saturated carbocycles. The number of hydrogen-bond donors (Lipinski definition) is 0. The molecule has 3 heterocycles. The van der Waals surface area contributed by atoms with Crippen molar-refractivity contribution >= 4 is 17.0 Å². The van der Waals surface area contributed by atoms with Gasteiger partial charge in [0.05, 0.1) is 12.0 Å². The van der Waals surface area contributed by atoms with Gasteiger partial charge in [0, 0.05) is 43.8 Å². The van der Waals surface area contributed by atoms with E-state index in [2.05, 4.69) is 47.2 Å². The molecule has 0 N–H and O–H groups in total. The largest absolute Gasteiger partial charge is 0.462 e. The molecule has 1 fully saturated rings. The van der Waals surface area contributed by atoms with Crippen molar-refractivity contribution in [1.29, 1.82) is 0 Å². The van der Waals surface area contributed by atoms with Gasteiger partial charge in [-0.15, -0.1) is 11.3 Å². The molecule has 0 radical (unpaired) electrons. The second-order valence-corrected chi connectivity index (χ2v) is 7.46. The number of benzene rings is 1. The molecule has 5 heteroatoms. The van der Waals surface area contributed by atoms with Crippen molar-refractivity contribution < 1.29 is 4.42 Å². The summed E-state index contributed by atoms with van der Waals surface area (Å²) in [5.74, 6) is 0.857. The Morgan fingerprint density at radius 1 is 1.08 bits per heavy atom. The predicted molar refractivity (Wildman–Crippen MR) is 103 cm³/mol. The first-order chi connectivity index (χ1) is 12.2. The van der Waals surface area contributed by atoms with E-state index in [-0.39, 0.29) is 0 Å². The Labute approximate surface area is 152 Å². The van der Waals surface area contributed by atoms with Crippen LogP contribution in [-0.4, -0.2) is 36.1 Å². The Kier molecular flexibility index (Phi) is 4.59. The van der Waals surface area contributed by atoms with Crippen LogP contribution in [0.4, 0.5) is 5.69 Å². The number of anilines is 1. The lowest BCUT2D eigenvalue weighted by molar-refractivity contribution is 0.247. The van der Waals surface area contributed by atoms with Crippen molar-refractivity contribution in [2.45, 2.75) is 20.4 Å². The molecule has 3 aromatic rings. The van der Waals surface area contributed by atoms with Gasteiger partial charge in [-0.25, -0.2) is 4.98 Å². The molecular formula is C20H23N3OS. The third-order valence-corrected chi connectivity index (χ3v) is 5.86. The Morgan fingerprint density at radius 2 is 1.92 bits per heavy atom. The van der Waals surface area contributed by atoms with E-state index < -0.39 is 0 Å². The van der Waals surface area contributed by atoms with Gasteiger partial charge in [-0.3, -0.25) is 4.90 Å². The number of rotatable bonds is 4. The summed E-state index contributed by atoms with van der Waals surface area (Å²) in [6.45, 7) is 9.61. The van der Waals surface area contributed by atoms with Crippen LogP contribution in [-0.2, 0) is 6.54 Å². The lowest BCUT2D eigenvalue weighted by atomic mass is 10.1. The number of aromatic nitrogens is 1. The molecule has 0 amide bonds. The van der Waals surface area contributed by atoms with Crippen LogP contribution in [0.2, 0.25) is 0 Å². The van der Waals surface area contributed by atoms with E-state index in [0.717, 1.165) is 49.2 Å². The minimum atomic E-state index is 0.857. The maximum atomic E-state index is 5.43. The van der Waals surface area contributed by atoms with Crippen LogP contribution >= 0.6 is 11.3 Å². The van der Waals surface area contributed by atoms with Crippen molar-refractivity contribution in [3.05, 3.63) is 58.8 Å². The standard InChI is InChI=1S/C20H23N3OS/c1-15-5-3-6-18(16(15)2)23-10-8-22(9-11-23)13-17-14-25-20(21-17)19-7-4-12-24-19/h3-7,12,14H,8-11,13H2,1-2H3. The van der Waals surface area contributed by atoms with Crippen molar-refractivity contribution in [3.63, 3.8) is 0 Å². The van der Waals surface area contributed by atoms with Crippen molar-refractivity contribution in [1.82, 2.24) is 9.88 Å². The van der Waals surface area contributed by atoms with Gasteiger partial charge in [-0.05, 0) is 43.2 Å². The van der Waals surface area contributed by atoms with Crippen LogP contribution < -0.4 is 4.90 Å². The van der Waals surface area contributed by atoms with Crippen LogP contribution in [0.25, 0.3) is 10.8 Å². The Bertz CT molecular complexity index is 833. The highest BCUT2D eigenvalue weighted by molar-refractivity contribution is 7.13. The summed E-state index contributed by atoms with van der Waals surface area (Å²) in [6, 6.07) is 10.5. The predicted octanol–water partition coefficient (Wildman–Crippen LogP) is 4.34. The van der Waals surface area contributed by atoms with Crippen LogP contribution in [0.5, 0.6) is 0 Å². The molecular weight excluding hydrogens is 330 g/mol. The average molecular weight is 353 g/mol. The van der Waals surface area contributed by atoms with Gasteiger partial charge in [0.15, 0.2) is 10.8 Å². The topological polar surface area (TPSA) is 32.5 Å². The average Bonchev–Trinajstić information content (AvgIpc) is 3.30. The zero-order chi connectivity index (χ0) is 17.2. The molecule has 0 unspecified atom stereocenters. The maximum absolute atomic E-state index is 5.43. The SMILES string of the molecule is Cc1cccc(N2CCN(Cc3csc(-c4ccco4)n3)CC2)c1C. The lowest BCUT2D eigenvalue weighted by Gasteiger charge is -2.36. The number of furan rings is 1. The maximum Gasteiger partial charge on any atom is 0.162 e. The quantitative estimate of drug-likeness (QED) is 0.698. The molecule has 2 aromatic heterocycles. The molecule has 25 heavy (non-hydrogen) atoms. The monoisotopic (exact) mass is 353 g/mol. The number of nitrogens with zero attached hydrogens (tertiary/aromatic N) is 3. The fourth-order valence-corrected chi connectivity index (χ4v) is 4.12. The van der Waals surface area contributed by atoms with Gasteiger partial charge in [0.2, 0.25) is 0 Å². The Balaban J connectivity index is 1.37. The molecule has 1 saturated heterocycles. The van der Waals surface area contributed by atoms with Gasteiger partial charge in [0.1, 0.15) is 0 Å². The first-order valence-corrected chi connectivity index (χ1v) is 9.60. The molecule has 0 spiro atoms. The summed E-state index contributed by atoms with van der Waals surface area (Å²) in [5, 5.41) is 3.11. The van der Waals surface area contributed by atoms with Gasteiger partial charge >= 0.3 is 0 Å². The van der Waals surface area contributed by atoms with Gasteiger partial charge in [0.25, 0.3) is 0 Å². The molecule has 0 aliphatic carbocycles. The fraction of sp³-hybridized carbons (Fsp3) is 0.350. The first kappa shape index (κ1) is 16.4. The second-order valence-electron chi connectivity index (χ2n) is 6.60. The third kappa shape index (κ3) is 3.48. The minimum Gasteiger partial charge on any atom is -0.462 e. The normalized spacial score (nSPS) is 15.7. The van der Waals surface area contributed by atoms with Crippen molar-refractivity contribution in [2.75, 3.05) is 31.1 Å². The third-order valence-electron chi connectivity index (χ3n) is 4.96. The van der Waals surface area contributed by atoms with E-state index in [9.17, 15) is 0 Å². The first-order valence-electron chi connectivity index (χ1n) is 8.72. The minimum absolute atomic E-state index is 0.857. The number of piperazine rings is 1. The van der Waals surface area contributed by atoms with Gasteiger partial charge in [-0.1, -0.05) is 12.1 Å². The highest BCUT2D eigenvalue weighted by atomic mass is 32.1. The zero-order valence-electron chi connectivity index (χ0n) is 14.7. The number of thiazole rings is 1. The summed E-state index contributed by atoms with van der Waals surface area (Å²) in [5.41, 5.74) is 5.29. The van der Waals surface area contributed by atoms with Crippen molar-refractivity contribution in [2.24, 2.45) is 0 Å². The molecule has 4 rings (SSSR count). The molecule has 130 valence electrons. The summed E-state index contributed by atoms with van der Waals surface area (Å²) >= 11 is 1.65. The fourth-order valence-electron chi connectivity index (χ4n) is 3.35. The van der Waals surface area contributed by atoms with Crippen molar-refractivity contribution in [3.8, 4) is 10.8 Å². The van der Waals surface area contributed by atoms with E-state index in [1.807, 2.05) is 12.1 Å². The van der Waals surface area contributed by atoms with E-state index in [4.69, 9.17) is 9.40 Å². The van der Waals surface area contributed by atoms with Crippen LogP contribution in [0.1, 0.15) is 16.8 Å². The van der Waals surface area contributed by atoms with Crippen LogP contribution in [0.3, 0.4) is 0 Å². The molecule has 4 nitrogen and oxygen atoms in total. The number of aryl methyl sites for hydroxylation is 1. The van der Waals surface area contributed by atoms with Gasteiger partial charge < -0.3 is 9.32 Å². The molecule has 1 aliphatic rings. The highest BCUT2D eigenvalue weighted by Gasteiger charge is 2.20. The zero-order valence-corrected chi connectivity index (χ0v) is 15.6. The van der Waals surface area contributed by atoms with E-state index in [0.29, 0.717) is 0 Å². The summed E-state index contributed by atoms with van der Waals surface area (Å²) in [6.07, 6.45) is 1.70. The Hall–Kier alpha value is -2.11. The highest BCUT2D eigenvalue weighted by Crippen LogP contribution is 2.26.